The van der Waals surface area contributed by atoms with Crippen LogP contribution in [0.15, 0.2) is 18.2 Å². The van der Waals surface area contributed by atoms with Crippen molar-refractivity contribution in [2.24, 2.45) is 0 Å². The fourth-order valence-corrected chi connectivity index (χ4v) is 1.19. The Hall–Kier alpha value is -1.79. The molecule has 0 radical (unpaired) electrons. The third kappa shape index (κ3) is 4.60. The summed E-state index contributed by atoms with van der Waals surface area (Å²) in [7, 11) is 0. The van der Waals surface area contributed by atoms with Crippen LogP contribution in [0.1, 0.15) is 23.2 Å². The number of alkyl halides is 3. The smallest absolute Gasteiger partial charge is 0.389 e. The zero-order valence-electron chi connectivity index (χ0n) is 9.26. The molecule has 0 aliphatic carbocycles. The fourth-order valence-electron chi connectivity index (χ4n) is 1.19. The molecule has 2 N–H and O–H groups in total. The van der Waals surface area contributed by atoms with Gasteiger partial charge in [-0.1, -0.05) is 0 Å². The van der Waals surface area contributed by atoms with Gasteiger partial charge in [0.05, 0.1) is 17.9 Å². The number of nitrogen functional groups attached to an aromatic ring is 1. The van der Waals surface area contributed by atoms with E-state index < -0.39 is 24.4 Å². The van der Waals surface area contributed by atoms with Crippen LogP contribution in [-0.4, -0.2) is 18.8 Å². The van der Waals surface area contributed by atoms with Gasteiger partial charge >= 0.3 is 12.1 Å². The van der Waals surface area contributed by atoms with Gasteiger partial charge in [0.2, 0.25) is 0 Å². The van der Waals surface area contributed by atoms with Gasteiger partial charge in [0, 0.05) is 6.42 Å². The molecule has 18 heavy (non-hydrogen) atoms. The minimum absolute atomic E-state index is 0.000841. The Labute approximate surface area is 101 Å². The third-order valence-corrected chi connectivity index (χ3v) is 2.07. The predicted molar refractivity (Wildman–Crippen MR) is 56.4 cm³/mol. The van der Waals surface area contributed by atoms with E-state index in [4.69, 9.17) is 5.73 Å². The second-order valence-electron chi connectivity index (χ2n) is 3.59. The molecule has 0 aliphatic rings. The molecule has 1 rings (SSSR count). The van der Waals surface area contributed by atoms with Crippen LogP contribution in [0, 0.1) is 5.82 Å². The number of ether oxygens (including phenoxy) is 1. The topological polar surface area (TPSA) is 52.3 Å². The van der Waals surface area contributed by atoms with Crippen LogP contribution >= 0.6 is 0 Å². The first kappa shape index (κ1) is 14.3. The van der Waals surface area contributed by atoms with Crippen molar-refractivity contribution in [1.29, 1.82) is 0 Å². The number of halogens is 4. The second kappa shape index (κ2) is 5.70. The SMILES string of the molecule is Nc1cc(C(=O)OCCCC(F)(F)F)ccc1F. The zero-order valence-corrected chi connectivity index (χ0v) is 9.26. The van der Waals surface area contributed by atoms with Gasteiger partial charge in [-0.15, -0.1) is 0 Å². The first-order valence-corrected chi connectivity index (χ1v) is 5.08. The van der Waals surface area contributed by atoms with E-state index in [9.17, 15) is 22.4 Å². The van der Waals surface area contributed by atoms with Crippen molar-refractivity contribution in [3.05, 3.63) is 29.6 Å². The molecule has 7 heteroatoms. The largest absolute Gasteiger partial charge is 0.462 e. The van der Waals surface area contributed by atoms with Crippen LogP contribution in [0.5, 0.6) is 0 Å². The quantitative estimate of drug-likeness (QED) is 0.394. The van der Waals surface area contributed by atoms with E-state index in [2.05, 4.69) is 4.74 Å². The van der Waals surface area contributed by atoms with Gasteiger partial charge in [0.25, 0.3) is 0 Å². The summed E-state index contributed by atoms with van der Waals surface area (Å²) < 4.78 is 52.8. The fraction of sp³-hybridized carbons (Fsp3) is 0.364. The summed E-state index contributed by atoms with van der Waals surface area (Å²) in [6.45, 7) is -0.352. The number of rotatable bonds is 4. The molecular weight excluding hydrogens is 254 g/mol. The maximum atomic E-state index is 12.8. The second-order valence-corrected chi connectivity index (χ2v) is 3.59. The molecule has 0 unspecified atom stereocenters. The third-order valence-electron chi connectivity index (χ3n) is 2.07. The summed E-state index contributed by atoms with van der Waals surface area (Å²) in [5.41, 5.74) is 5.02. The number of benzene rings is 1. The summed E-state index contributed by atoms with van der Waals surface area (Å²) in [6, 6.07) is 3.21. The van der Waals surface area contributed by atoms with E-state index >= 15 is 0 Å². The van der Waals surface area contributed by atoms with Crippen molar-refractivity contribution in [3.63, 3.8) is 0 Å². The lowest BCUT2D eigenvalue weighted by Crippen LogP contribution is -2.11. The van der Waals surface area contributed by atoms with Gasteiger partial charge in [0.1, 0.15) is 5.82 Å². The van der Waals surface area contributed by atoms with Crippen molar-refractivity contribution < 1.29 is 27.1 Å². The Morgan fingerprint density at radius 2 is 2.00 bits per heavy atom. The number of hydrogen-bond acceptors (Lipinski definition) is 3. The van der Waals surface area contributed by atoms with Gasteiger partial charge in [0.15, 0.2) is 0 Å². The van der Waals surface area contributed by atoms with Crippen LogP contribution in [0.3, 0.4) is 0 Å². The van der Waals surface area contributed by atoms with E-state index in [-0.39, 0.29) is 24.3 Å². The van der Waals surface area contributed by atoms with Gasteiger partial charge in [-0.3, -0.25) is 0 Å². The molecule has 1 aromatic carbocycles. The Kier molecular flexibility index (Phi) is 4.52. The van der Waals surface area contributed by atoms with Crippen molar-refractivity contribution in [1.82, 2.24) is 0 Å². The number of nitrogens with two attached hydrogens (primary N) is 1. The number of esters is 1. The van der Waals surface area contributed by atoms with E-state index in [1.54, 1.807) is 0 Å². The molecule has 0 atom stereocenters. The lowest BCUT2D eigenvalue weighted by atomic mass is 10.2. The van der Waals surface area contributed by atoms with Crippen molar-refractivity contribution in [2.75, 3.05) is 12.3 Å². The Morgan fingerprint density at radius 1 is 1.33 bits per heavy atom. The molecule has 0 amide bonds. The van der Waals surface area contributed by atoms with Crippen molar-refractivity contribution >= 4 is 11.7 Å². The minimum atomic E-state index is -4.27. The zero-order chi connectivity index (χ0) is 13.8. The van der Waals surface area contributed by atoms with Crippen molar-refractivity contribution in [3.8, 4) is 0 Å². The predicted octanol–water partition coefficient (Wildman–Crippen LogP) is 2.91. The average molecular weight is 265 g/mol. The minimum Gasteiger partial charge on any atom is -0.462 e. The average Bonchev–Trinajstić information content (AvgIpc) is 2.26. The van der Waals surface area contributed by atoms with Gasteiger partial charge < -0.3 is 10.5 Å². The number of anilines is 1. The van der Waals surface area contributed by atoms with Crippen LogP contribution in [-0.2, 0) is 4.74 Å². The van der Waals surface area contributed by atoms with Gasteiger partial charge in [-0.2, -0.15) is 13.2 Å². The summed E-state index contributed by atoms with van der Waals surface area (Å²) in [4.78, 5) is 11.4. The highest BCUT2D eigenvalue weighted by Gasteiger charge is 2.26. The summed E-state index contributed by atoms with van der Waals surface area (Å²) in [5, 5.41) is 0. The molecule has 0 spiro atoms. The van der Waals surface area contributed by atoms with Gasteiger partial charge in [-0.05, 0) is 24.6 Å². The molecule has 3 nitrogen and oxygen atoms in total. The van der Waals surface area contributed by atoms with Crippen LogP contribution < -0.4 is 5.73 Å². The molecule has 100 valence electrons. The summed E-state index contributed by atoms with van der Waals surface area (Å²) >= 11 is 0. The maximum absolute atomic E-state index is 12.8. The maximum Gasteiger partial charge on any atom is 0.389 e. The Morgan fingerprint density at radius 3 is 2.56 bits per heavy atom. The molecule has 0 aliphatic heterocycles. The van der Waals surface area contributed by atoms with Crippen LogP contribution in [0.25, 0.3) is 0 Å². The standard InChI is InChI=1S/C11H11F4NO2/c12-8-3-2-7(6-9(8)16)10(17)18-5-1-4-11(13,14)15/h2-3,6H,1,4-5,16H2. The Bertz CT molecular complexity index is 432. The summed E-state index contributed by atoms with van der Waals surface area (Å²) in [6.07, 6.45) is -5.61. The molecule has 0 saturated heterocycles. The molecule has 0 saturated carbocycles. The molecular formula is C11H11F4NO2. The molecule has 1 aromatic rings. The number of carbonyl (C=O) groups is 1. The first-order valence-electron chi connectivity index (χ1n) is 5.08. The van der Waals surface area contributed by atoms with Crippen LogP contribution in [0.2, 0.25) is 0 Å². The molecule has 0 fully saturated rings. The molecule has 0 aromatic heterocycles. The van der Waals surface area contributed by atoms with Crippen molar-refractivity contribution in [2.45, 2.75) is 19.0 Å². The normalized spacial score (nSPS) is 11.3. The highest BCUT2D eigenvalue weighted by atomic mass is 19.4. The van der Waals surface area contributed by atoms with E-state index in [1.807, 2.05) is 0 Å². The highest BCUT2D eigenvalue weighted by Crippen LogP contribution is 2.21. The van der Waals surface area contributed by atoms with E-state index in [0.29, 0.717) is 0 Å². The number of carbonyl (C=O) groups excluding carboxylic acids is 1. The van der Waals surface area contributed by atoms with E-state index in [0.717, 1.165) is 18.2 Å². The summed E-state index contributed by atoms with van der Waals surface area (Å²) in [5.74, 6) is -1.51. The van der Waals surface area contributed by atoms with Gasteiger partial charge in [-0.25, -0.2) is 9.18 Å². The highest BCUT2D eigenvalue weighted by molar-refractivity contribution is 5.90. The molecule has 0 bridgehead atoms. The lowest BCUT2D eigenvalue weighted by molar-refractivity contribution is -0.137. The number of hydrogen-bond donors (Lipinski definition) is 1. The van der Waals surface area contributed by atoms with E-state index in [1.165, 1.54) is 0 Å². The van der Waals surface area contributed by atoms with Crippen LogP contribution in [0.4, 0.5) is 23.2 Å². The first-order chi connectivity index (χ1) is 8.29. The Balaban J connectivity index is 2.43. The lowest BCUT2D eigenvalue weighted by Gasteiger charge is -2.07. The molecule has 0 heterocycles. The monoisotopic (exact) mass is 265 g/mol.